The number of ether oxygens (including phenoxy) is 1. The Balaban J connectivity index is 1.26. The van der Waals surface area contributed by atoms with E-state index in [1.807, 2.05) is 12.1 Å². The normalized spacial score (nSPS) is 24.1. The zero-order valence-electron chi connectivity index (χ0n) is 24.0. The molecule has 4 aliphatic rings. The number of ketones is 3. The molecule has 1 N–H and O–H groups in total. The molecule has 1 fully saturated rings. The number of methoxy groups -OCH3 is 1. The predicted molar refractivity (Wildman–Crippen MR) is 168 cm³/mol. The average molecular weight is 665 g/mol. The first kappa shape index (κ1) is 28.9. The number of anilines is 1. The van der Waals surface area contributed by atoms with Gasteiger partial charge in [-0.2, -0.15) is 0 Å². The van der Waals surface area contributed by atoms with E-state index in [1.54, 1.807) is 60.7 Å². The van der Waals surface area contributed by atoms with E-state index in [9.17, 15) is 29.1 Å². The van der Waals surface area contributed by atoms with Crippen molar-refractivity contribution in [3.05, 3.63) is 123 Å². The number of rotatable bonds is 5. The van der Waals surface area contributed by atoms with Crippen LogP contribution in [0.25, 0.3) is 0 Å². The maximum Gasteiger partial charge on any atom is 0.238 e. The summed E-state index contributed by atoms with van der Waals surface area (Å²) >= 11 is 3.23. The number of hydrogen-bond donors (Lipinski definition) is 1. The van der Waals surface area contributed by atoms with E-state index < -0.39 is 23.7 Å². The van der Waals surface area contributed by atoms with Crippen LogP contribution in [0.1, 0.15) is 40.2 Å². The summed E-state index contributed by atoms with van der Waals surface area (Å²) in [6, 6.07) is 20.1. The highest BCUT2D eigenvalue weighted by Gasteiger charge is 2.56. The highest BCUT2D eigenvalue weighted by atomic mass is 79.9. The molecule has 7 rings (SSSR count). The molecule has 0 spiro atoms. The lowest BCUT2D eigenvalue weighted by Gasteiger charge is -2.42. The van der Waals surface area contributed by atoms with Crippen molar-refractivity contribution in [2.75, 3.05) is 12.0 Å². The van der Waals surface area contributed by atoms with Crippen molar-refractivity contribution >= 4 is 50.8 Å². The molecule has 9 heteroatoms. The average Bonchev–Trinajstić information content (AvgIpc) is 3.32. The van der Waals surface area contributed by atoms with Crippen LogP contribution in [0.4, 0.5) is 5.69 Å². The lowest BCUT2D eigenvalue weighted by molar-refractivity contribution is -0.123. The molecule has 0 radical (unpaired) electrons. The summed E-state index contributed by atoms with van der Waals surface area (Å²) in [5.41, 5.74) is 3.32. The van der Waals surface area contributed by atoms with Crippen molar-refractivity contribution in [1.29, 1.82) is 0 Å². The van der Waals surface area contributed by atoms with Gasteiger partial charge in [0.05, 0.1) is 29.1 Å². The summed E-state index contributed by atoms with van der Waals surface area (Å²) < 4.78 is 5.35. The Hall–Kier alpha value is -4.89. The second kappa shape index (κ2) is 10.9. The molecule has 3 aromatic rings. The number of Topliss-reactive ketones (excluding diaryl/α,β-unsaturated/α-hetero) is 1. The second-order valence-corrected chi connectivity index (χ2v) is 12.4. The molecular weight excluding hydrogens is 638 g/mol. The number of phenols is 1. The van der Waals surface area contributed by atoms with Gasteiger partial charge in [0.2, 0.25) is 11.8 Å². The topological polar surface area (TPSA) is 118 Å². The van der Waals surface area contributed by atoms with E-state index in [1.165, 1.54) is 24.2 Å². The van der Waals surface area contributed by atoms with Crippen molar-refractivity contribution in [2.24, 2.45) is 17.8 Å². The van der Waals surface area contributed by atoms with Gasteiger partial charge in [-0.25, -0.2) is 0 Å². The molecule has 1 aliphatic heterocycles. The third-order valence-electron chi connectivity index (χ3n) is 9.29. The first-order chi connectivity index (χ1) is 21.7. The number of nitrogens with zero attached hydrogens (tertiary/aromatic N) is 1. The summed E-state index contributed by atoms with van der Waals surface area (Å²) in [6.07, 6.45) is 3.60. The van der Waals surface area contributed by atoms with Crippen molar-refractivity contribution < 1.29 is 33.8 Å². The van der Waals surface area contributed by atoms with Gasteiger partial charge in [0, 0.05) is 34.3 Å². The summed E-state index contributed by atoms with van der Waals surface area (Å²) in [5, 5.41) is 10.6. The maximum absolute atomic E-state index is 14.2. The summed E-state index contributed by atoms with van der Waals surface area (Å²) in [5.74, 6) is -4.01. The number of allylic oxidation sites excluding steroid dienone is 6. The number of fused-ring (bicyclic) bond motifs is 3. The zero-order valence-corrected chi connectivity index (χ0v) is 25.6. The Morgan fingerprint density at radius 1 is 0.911 bits per heavy atom. The van der Waals surface area contributed by atoms with Crippen molar-refractivity contribution in [3.8, 4) is 11.5 Å². The molecule has 224 valence electrons. The number of amides is 2. The van der Waals surface area contributed by atoms with E-state index in [-0.39, 0.29) is 58.0 Å². The van der Waals surface area contributed by atoms with E-state index >= 15 is 0 Å². The van der Waals surface area contributed by atoms with Crippen molar-refractivity contribution in [3.63, 3.8) is 0 Å². The largest absolute Gasteiger partial charge is 0.504 e. The van der Waals surface area contributed by atoms with Crippen LogP contribution in [-0.4, -0.2) is 41.4 Å². The third kappa shape index (κ3) is 4.52. The van der Waals surface area contributed by atoms with Crippen LogP contribution >= 0.6 is 15.9 Å². The molecule has 3 aliphatic carbocycles. The molecule has 0 unspecified atom stereocenters. The Labute approximate surface area is 266 Å². The lowest BCUT2D eigenvalue weighted by atomic mass is 9.59. The third-order valence-corrected chi connectivity index (χ3v) is 9.88. The van der Waals surface area contributed by atoms with E-state index in [0.29, 0.717) is 33.5 Å². The smallest absolute Gasteiger partial charge is 0.238 e. The number of imide groups is 1. The van der Waals surface area contributed by atoms with Crippen molar-refractivity contribution in [2.45, 2.75) is 18.8 Å². The SMILES string of the molecule is COc1ccc([C@H]2C3=CC[C@@H]4C(=O)N(c5ccc(C(=O)c6ccccc6)cc5)C(=O)[C@@H]4[C@@H]3CC3=C2C(=O)C=C(Br)C3=O)cc1O. The fraction of sp³-hybridized carbons (Fsp3) is 0.194. The molecule has 4 atom stereocenters. The number of benzene rings is 3. The molecular formula is C36H26BrNO7. The van der Waals surface area contributed by atoms with E-state index in [2.05, 4.69) is 15.9 Å². The van der Waals surface area contributed by atoms with E-state index in [4.69, 9.17) is 4.74 Å². The summed E-state index contributed by atoms with van der Waals surface area (Å²) in [7, 11) is 1.44. The molecule has 0 aromatic heterocycles. The molecule has 1 heterocycles. The summed E-state index contributed by atoms with van der Waals surface area (Å²) in [4.78, 5) is 68.9. The van der Waals surface area contributed by atoms with Gasteiger partial charge >= 0.3 is 0 Å². The highest BCUT2D eigenvalue weighted by molar-refractivity contribution is 9.12. The van der Waals surface area contributed by atoms with Crippen LogP contribution in [0.5, 0.6) is 11.5 Å². The molecule has 3 aromatic carbocycles. The molecule has 0 bridgehead atoms. The first-order valence-electron chi connectivity index (χ1n) is 14.5. The number of aromatic hydroxyl groups is 1. The zero-order chi connectivity index (χ0) is 31.6. The quantitative estimate of drug-likeness (QED) is 0.163. The fourth-order valence-electron chi connectivity index (χ4n) is 7.25. The van der Waals surface area contributed by atoms with Gasteiger partial charge in [0.15, 0.2) is 28.8 Å². The number of hydrogen-bond acceptors (Lipinski definition) is 7. The predicted octanol–water partition coefficient (Wildman–Crippen LogP) is 5.60. The molecule has 8 nitrogen and oxygen atoms in total. The Kier molecular flexibility index (Phi) is 7.00. The number of carbonyl (C=O) groups is 5. The van der Waals surface area contributed by atoms with Gasteiger partial charge in [-0.05, 0) is 76.7 Å². The van der Waals surface area contributed by atoms with Gasteiger partial charge in [-0.1, -0.05) is 48.0 Å². The highest BCUT2D eigenvalue weighted by Crippen LogP contribution is 2.56. The van der Waals surface area contributed by atoms with Crippen LogP contribution in [-0.2, 0) is 19.2 Å². The maximum atomic E-state index is 14.2. The van der Waals surface area contributed by atoms with Gasteiger partial charge < -0.3 is 9.84 Å². The van der Waals surface area contributed by atoms with Crippen LogP contribution in [0.15, 0.2) is 106 Å². The molecule has 45 heavy (non-hydrogen) atoms. The van der Waals surface area contributed by atoms with Crippen molar-refractivity contribution in [1.82, 2.24) is 0 Å². The van der Waals surface area contributed by atoms with Gasteiger partial charge in [-0.15, -0.1) is 0 Å². The molecule has 1 saturated heterocycles. The lowest BCUT2D eigenvalue weighted by Crippen LogP contribution is -2.39. The van der Waals surface area contributed by atoms with Gasteiger partial charge in [0.1, 0.15) is 0 Å². The molecule has 2 amide bonds. The molecule has 0 saturated carbocycles. The van der Waals surface area contributed by atoms with Gasteiger partial charge in [-0.3, -0.25) is 28.9 Å². The van der Waals surface area contributed by atoms with Crippen LogP contribution < -0.4 is 9.64 Å². The van der Waals surface area contributed by atoms with Crippen LogP contribution in [0.3, 0.4) is 0 Å². The monoisotopic (exact) mass is 663 g/mol. The standard InChI is InChI=1S/C36H26BrNO7/c1-45-29-14-9-20(15-27(29)39)30-22-12-13-23-31(24(22)16-25-32(30)28(40)17-26(37)34(25)42)36(44)38(35(23)43)21-10-7-19(8-11-21)33(41)18-5-3-2-4-6-18/h2-12,14-15,17,23-24,30-31,39H,13,16H2,1H3/t23-,24+,30-,31-/m0/s1. The minimum absolute atomic E-state index is 0.118. The number of carbonyl (C=O) groups excluding carboxylic acids is 5. The van der Waals surface area contributed by atoms with E-state index in [0.717, 1.165) is 5.57 Å². The number of halogens is 1. The second-order valence-electron chi connectivity index (χ2n) is 11.6. The number of phenolic OH excluding ortho intramolecular Hbond substituents is 1. The Morgan fingerprint density at radius 2 is 1.62 bits per heavy atom. The van der Waals surface area contributed by atoms with Crippen LogP contribution in [0.2, 0.25) is 0 Å². The first-order valence-corrected chi connectivity index (χ1v) is 15.3. The summed E-state index contributed by atoms with van der Waals surface area (Å²) in [6.45, 7) is 0. The Bertz CT molecular complexity index is 1920. The van der Waals surface area contributed by atoms with Gasteiger partial charge in [0.25, 0.3) is 0 Å². The van der Waals surface area contributed by atoms with Crippen LogP contribution in [0, 0.1) is 17.8 Å². The Morgan fingerprint density at radius 3 is 2.31 bits per heavy atom. The fourth-order valence-corrected chi connectivity index (χ4v) is 7.69. The minimum Gasteiger partial charge on any atom is -0.504 e. The minimum atomic E-state index is -0.751.